The minimum atomic E-state index is -1.10. The number of halogens is 1. The monoisotopic (exact) mass is 424 g/mol. The van der Waals surface area contributed by atoms with Gasteiger partial charge < -0.3 is 9.84 Å². The molecule has 0 radical (unpaired) electrons. The van der Waals surface area contributed by atoms with Gasteiger partial charge in [0.15, 0.2) is 0 Å². The van der Waals surface area contributed by atoms with Gasteiger partial charge in [-0.05, 0) is 33.9 Å². The average Bonchev–Trinajstić information content (AvgIpc) is 3.06. The average molecular weight is 425 g/mol. The van der Waals surface area contributed by atoms with Gasteiger partial charge in [-0.3, -0.25) is 14.7 Å². The van der Waals surface area contributed by atoms with Crippen LogP contribution in [0.25, 0.3) is 11.1 Å². The van der Waals surface area contributed by atoms with Gasteiger partial charge in [0.2, 0.25) is 0 Å². The van der Waals surface area contributed by atoms with Gasteiger partial charge in [0.05, 0.1) is 6.54 Å². The summed E-state index contributed by atoms with van der Waals surface area (Å²) >= 11 is 0. The molecule has 1 amide bonds. The fourth-order valence-electron chi connectivity index (χ4n) is 3.75. The van der Waals surface area contributed by atoms with Crippen LogP contribution in [0.1, 0.15) is 22.6 Å². The molecule has 0 saturated heterocycles. The molecule has 30 heavy (non-hydrogen) atoms. The molecule has 0 fully saturated rings. The molecule has 154 valence electrons. The maximum atomic E-state index is 12.7. The van der Waals surface area contributed by atoms with Crippen LogP contribution in [0.2, 0.25) is 0 Å². The van der Waals surface area contributed by atoms with E-state index in [2.05, 4.69) is 17.1 Å². The summed E-state index contributed by atoms with van der Waals surface area (Å²) in [7, 11) is 0. The highest BCUT2D eigenvalue weighted by Crippen LogP contribution is 2.44. The molecule has 7 heteroatoms. The first-order chi connectivity index (χ1) is 14.1. The van der Waals surface area contributed by atoms with Crippen LogP contribution in [-0.4, -0.2) is 40.2 Å². The molecule has 0 bridgehead atoms. The van der Waals surface area contributed by atoms with Crippen LogP contribution in [0.3, 0.4) is 0 Å². The molecule has 3 aromatic rings. The first-order valence-electron chi connectivity index (χ1n) is 9.34. The number of nitrogens with zero attached hydrogens (tertiary/aromatic N) is 2. The predicted molar refractivity (Wildman–Crippen MR) is 115 cm³/mol. The van der Waals surface area contributed by atoms with E-state index in [0.29, 0.717) is 0 Å². The molecule has 6 nitrogen and oxygen atoms in total. The van der Waals surface area contributed by atoms with Crippen molar-refractivity contribution in [3.63, 3.8) is 0 Å². The first-order valence-corrected chi connectivity index (χ1v) is 9.34. The number of hydrogen-bond acceptors (Lipinski definition) is 4. The summed E-state index contributed by atoms with van der Waals surface area (Å²) in [5.41, 5.74) is 5.24. The molecule has 1 heterocycles. The summed E-state index contributed by atoms with van der Waals surface area (Å²) in [6.45, 7) is -0.168. The Kier molecular flexibility index (Phi) is 6.69. The largest absolute Gasteiger partial charge is 0.480 e. The van der Waals surface area contributed by atoms with Gasteiger partial charge in [0.25, 0.3) is 0 Å². The Morgan fingerprint density at radius 3 is 2.17 bits per heavy atom. The van der Waals surface area contributed by atoms with E-state index < -0.39 is 18.6 Å². The Bertz CT molecular complexity index is 997. The molecule has 1 aliphatic carbocycles. The smallest absolute Gasteiger partial charge is 0.410 e. The van der Waals surface area contributed by atoms with Crippen LogP contribution < -0.4 is 0 Å². The summed E-state index contributed by atoms with van der Waals surface area (Å²) in [6, 6.07) is 19.7. The highest BCUT2D eigenvalue weighted by molar-refractivity contribution is 5.85. The lowest BCUT2D eigenvalue weighted by Gasteiger charge is -2.22. The van der Waals surface area contributed by atoms with E-state index in [1.807, 2.05) is 36.4 Å². The van der Waals surface area contributed by atoms with Crippen molar-refractivity contribution in [1.29, 1.82) is 0 Å². The molecular formula is C23H21ClN2O4. The number of pyridine rings is 1. The minimum absolute atomic E-state index is 0. The predicted octanol–water partition coefficient (Wildman–Crippen LogP) is 4.34. The second kappa shape index (κ2) is 9.41. The van der Waals surface area contributed by atoms with Gasteiger partial charge >= 0.3 is 12.1 Å². The molecule has 0 unspecified atom stereocenters. The summed E-state index contributed by atoms with van der Waals surface area (Å²) in [5.74, 6) is -1.17. The molecule has 0 atom stereocenters. The van der Waals surface area contributed by atoms with E-state index in [1.54, 1.807) is 24.5 Å². The summed E-state index contributed by atoms with van der Waals surface area (Å²) in [6.07, 6.45) is 2.57. The minimum Gasteiger partial charge on any atom is -0.480 e. The highest BCUT2D eigenvalue weighted by atomic mass is 35.5. The summed E-state index contributed by atoms with van der Waals surface area (Å²) < 4.78 is 5.58. The van der Waals surface area contributed by atoms with Gasteiger partial charge in [-0.15, -0.1) is 12.4 Å². The Morgan fingerprint density at radius 1 is 0.967 bits per heavy atom. The maximum absolute atomic E-state index is 12.7. The fourth-order valence-corrected chi connectivity index (χ4v) is 3.75. The normalized spacial score (nSPS) is 11.7. The molecule has 0 aliphatic heterocycles. The number of benzene rings is 2. The summed E-state index contributed by atoms with van der Waals surface area (Å²) in [4.78, 5) is 29.1. The SMILES string of the molecule is Cl.O=C(O)CN(Cc1cccnc1)C(=O)OCC1c2ccccc2-c2ccccc21. The van der Waals surface area contributed by atoms with Crippen LogP contribution in [0.5, 0.6) is 0 Å². The number of carboxylic acid groups (broad SMARTS) is 1. The third kappa shape index (κ3) is 4.44. The van der Waals surface area contributed by atoms with Crippen LogP contribution in [0.15, 0.2) is 73.1 Å². The van der Waals surface area contributed by atoms with E-state index in [9.17, 15) is 14.7 Å². The van der Waals surface area contributed by atoms with Crippen molar-refractivity contribution in [2.45, 2.75) is 12.5 Å². The van der Waals surface area contributed by atoms with Crippen molar-refractivity contribution in [3.05, 3.63) is 89.7 Å². The molecule has 1 aliphatic rings. The summed E-state index contributed by atoms with van der Waals surface area (Å²) in [5, 5.41) is 9.19. The second-order valence-electron chi connectivity index (χ2n) is 6.92. The van der Waals surface area contributed by atoms with Gasteiger partial charge in [0, 0.05) is 18.3 Å². The van der Waals surface area contributed by atoms with Crippen molar-refractivity contribution in [3.8, 4) is 11.1 Å². The Labute approximate surface area is 180 Å². The Balaban J connectivity index is 0.00000256. The van der Waals surface area contributed by atoms with Gasteiger partial charge in [-0.25, -0.2) is 4.79 Å². The third-order valence-electron chi connectivity index (χ3n) is 5.02. The lowest BCUT2D eigenvalue weighted by molar-refractivity contribution is -0.138. The zero-order valence-corrected chi connectivity index (χ0v) is 16.9. The number of carboxylic acids is 1. The topological polar surface area (TPSA) is 79.7 Å². The van der Waals surface area contributed by atoms with Crippen LogP contribution in [0, 0.1) is 0 Å². The van der Waals surface area contributed by atoms with Crippen molar-refractivity contribution in [2.75, 3.05) is 13.2 Å². The van der Waals surface area contributed by atoms with Gasteiger partial charge in [-0.2, -0.15) is 0 Å². The molecular weight excluding hydrogens is 404 g/mol. The van der Waals surface area contributed by atoms with Gasteiger partial charge in [-0.1, -0.05) is 54.6 Å². The van der Waals surface area contributed by atoms with Crippen molar-refractivity contribution < 1.29 is 19.4 Å². The number of rotatable bonds is 6. The number of carbonyl (C=O) groups is 2. The number of carbonyl (C=O) groups excluding carboxylic acids is 1. The zero-order valence-electron chi connectivity index (χ0n) is 16.1. The van der Waals surface area contributed by atoms with Crippen LogP contribution in [-0.2, 0) is 16.1 Å². The van der Waals surface area contributed by atoms with Crippen molar-refractivity contribution in [1.82, 2.24) is 9.88 Å². The number of aliphatic carboxylic acids is 1. The molecule has 0 saturated carbocycles. The number of ether oxygens (including phenoxy) is 1. The number of aromatic nitrogens is 1. The molecule has 0 spiro atoms. The lowest BCUT2D eigenvalue weighted by Crippen LogP contribution is -2.36. The van der Waals surface area contributed by atoms with Gasteiger partial charge in [0.1, 0.15) is 13.2 Å². The molecule has 1 N–H and O–H groups in total. The van der Waals surface area contributed by atoms with E-state index in [4.69, 9.17) is 4.74 Å². The van der Waals surface area contributed by atoms with E-state index >= 15 is 0 Å². The molecule has 1 aromatic heterocycles. The van der Waals surface area contributed by atoms with E-state index in [-0.39, 0.29) is 31.5 Å². The molecule has 4 rings (SSSR count). The maximum Gasteiger partial charge on any atom is 0.410 e. The lowest BCUT2D eigenvalue weighted by atomic mass is 9.98. The highest BCUT2D eigenvalue weighted by Gasteiger charge is 2.30. The van der Waals surface area contributed by atoms with Crippen LogP contribution in [0.4, 0.5) is 4.79 Å². The quantitative estimate of drug-likeness (QED) is 0.636. The Hall–Kier alpha value is -3.38. The van der Waals surface area contributed by atoms with E-state index in [0.717, 1.165) is 27.8 Å². The second-order valence-corrected chi connectivity index (χ2v) is 6.92. The fraction of sp³-hybridized carbons (Fsp3) is 0.174. The third-order valence-corrected chi connectivity index (χ3v) is 5.02. The Morgan fingerprint density at radius 2 is 1.60 bits per heavy atom. The standard InChI is InChI=1S/C23H20N2O4.ClH/c26-22(27)14-25(13-16-6-5-11-24-12-16)23(28)29-15-21-19-9-3-1-7-17(19)18-8-2-4-10-20(18)21;/h1-12,21H,13-15H2,(H,26,27);1H. The zero-order chi connectivity index (χ0) is 20.2. The molecule has 2 aromatic carbocycles. The van der Waals surface area contributed by atoms with Crippen LogP contribution >= 0.6 is 12.4 Å². The first kappa shape index (κ1) is 21.3. The van der Waals surface area contributed by atoms with Crippen molar-refractivity contribution >= 4 is 24.5 Å². The number of hydrogen-bond donors (Lipinski definition) is 1. The number of fused-ring (bicyclic) bond motifs is 3. The van der Waals surface area contributed by atoms with Crippen molar-refractivity contribution in [2.24, 2.45) is 0 Å². The van der Waals surface area contributed by atoms with E-state index in [1.165, 1.54) is 4.90 Å². The number of amides is 1.